The van der Waals surface area contributed by atoms with E-state index in [0.717, 1.165) is 16.7 Å². The Bertz CT molecular complexity index is 1510. The van der Waals surface area contributed by atoms with E-state index in [4.69, 9.17) is 14.2 Å². The first-order chi connectivity index (χ1) is 21.3. The molecule has 0 unspecified atom stereocenters. The predicted octanol–water partition coefficient (Wildman–Crippen LogP) is 7.21. The van der Waals surface area contributed by atoms with Crippen LogP contribution < -0.4 is 0 Å². The molecule has 2 N–H and O–H groups in total. The van der Waals surface area contributed by atoms with Gasteiger partial charge in [-0.3, -0.25) is 4.79 Å². The van der Waals surface area contributed by atoms with E-state index in [1.807, 2.05) is 89.3 Å². The monoisotopic (exact) mass is 630 g/mol. The lowest BCUT2D eigenvalue weighted by Crippen LogP contribution is -2.46. The molecular weight excluding hydrogens is 580 g/mol. The molecule has 0 aromatic rings. The Morgan fingerprint density at radius 3 is 2.22 bits per heavy atom. The number of allylic oxidation sites excluding steroid dienone is 10. The summed E-state index contributed by atoms with van der Waals surface area (Å²) in [4.78, 5) is 24.0. The average Bonchev–Trinajstić information content (AvgIpc) is 3.36. The number of carbonyl (C=O) groups is 2. The second kappa shape index (κ2) is 13.0. The molecule has 0 spiro atoms. The highest BCUT2D eigenvalue weighted by molar-refractivity contribution is 5.95. The van der Waals surface area contributed by atoms with Gasteiger partial charge in [0.25, 0.3) is 0 Å². The standard InChI is InChI=1S/C39H50O7/c1-26(16-17-33-35(4,5)24-32(44-28(3)40)25-37(33,8)43)14-12-10-11-13-15-27(2)20-31-21-29(34(42)45-31)18-19-39-36(6,7)22-30(41)23-38(39,9)46-39/h10-16,18-21,30,32,41,43H,22-25H2,1-9H3/b12-10+,13-11+,19-18+,26-14-,27-15+,31-20-/t17?,30-,32-,37+,38+,39-/m0/s1. The Morgan fingerprint density at radius 1 is 0.957 bits per heavy atom. The molecule has 2 heterocycles. The van der Waals surface area contributed by atoms with Crippen LogP contribution in [0.15, 0.2) is 101 Å². The number of hydrogen-bond donors (Lipinski definition) is 2. The van der Waals surface area contributed by atoms with Crippen LogP contribution in [0.1, 0.15) is 88.0 Å². The third-order valence-electron chi connectivity index (χ3n) is 9.53. The molecule has 0 bridgehead atoms. The van der Waals surface area contributed by atoms with Gasteiger partial charge in [-0.15, -0.1) is 5.73 Å². The van der Waals surface area contributed by atoms with Crippen LogP contribution in [0.4, 0.5) is 0 Å². The van der Waals surface area contributed by atoms with E-state index >= 15 is 0 Å². The van der Waals surface area contributed by atoms with Gasteiger partial charge in [-0.1, -0.05) is 64.2 Å². The minimum absolute atomic E-state index is 0.256. The van der Waals surface area contributed by atoms with Crippen LogP contribution in [0.3, 0.4) is 0 Å². The zero-order valence-electron chi connectivity index (χ0n) is 28.8. The van der Waals surface area contributed by atoms with Gasteiger partial charge in [0, 0.05) is 30.8 Å². The summed E-state index contributed by atoms with van der Waals surface area (Å²) < 4.78 is 17.1. The molecule has 2 aliphatic heterocycles. The van der Waals surface area contributed by atoms with Gasteiger partial charge in [-0.25, -0.2) is 4.79 Å². The number of aliphatic hydroxyl groups excluding tert-OH is 1. The molecule has 5 atom stereocenters. The lowest BCUT2D eigenvalue weighted by atomic mass is 9.63. The van der Waals surface area contributed by atoms with Gasteiger partial charge in [-0.05, 0) is 87.5 Å². The van der Waals surface area contributed by atoms with Gasteiger partial charge in [0.15, 0.2) is 0 Å². The molecule has 3 fully saturated rings. The molecular formula is C39H50O7. The number of ether oxygens (including phenoxy) is 3. The minimum Gasteiger partial charge on any atom is -0.462 e. The van der Waals surface area contributed by atoms with Gasteiger partial charge in [0.1, 0.15) is 23.1 Å². The van der Waals surface area contributed by atoms with Crippen LogP contribution in [-0.4, -0.2) is 51.2 Å². The molecule has 0 aromatic carbocycles. The van der Waals surface area contributed by atoms with E-state index in [9.17, 15) is 19.8 Å². The van der Waals surface area contributed by atoms with Crippen molar-refractivity contribution in [2.24, 2.45) is 10.8 Å². The topological polar surface area (TPSA) is 106 Å². The molecule has 4 aliphatic rings. The molecule has 0 amide bonds. The Morgan fingerprint density at radius 2 is 1.61 bits per heavy atom. The molecule has 1 saturated heterocycles. The summed E-state index contributed by atoms with van der Waals surface area (Å²) in [5.41, 5.74) is 3.82. The maximum Gasteiger partial charge on any atom is 0.343 e. The van der Waals surface area contributed by atoms with Crippen LogP contribution in [0.25, 0.3) is 0 Å². The predicted molar refractivity (Wildman–Crippen MR) is 179 cm³/mol. The van der Waals surface area contributed by atoms with Crippen molar-refractivity contribution in [1.82, 2.24) is 0 Å². The van der Waals surface area contributed by atoms with Crippen LogP contribution in [0.2, 0.25) is 0 Å². The lowest BCUT2D eigenvalue weighted by Gasteiger charge is -2.44. The number of esters is 2. The van der Waals surface area contributed by atoms with Crippen molar-refractivity contribution in [2.75, 3.05) is 0 Å². The average molecular weight is 631 g/mol. The molecule has 7 heteroatoms. The largest absolute Gasteiger partial charge is 0.462 e. The number of epoxide rings is 1. The van der Waals surface area contributed by atoms with Gasteiger partial charge in [-0.2, -0.15) is 0 Å². The fourth-order valence-electron chi connectivity index (χ4n) is 7.61. The summed E-state index contributed by atoms with van der Waals surface area (Å²) in [6, 6.07) is 0. The van der Waals surface area contributed by atoms with Crippen molar-refractivity contribution in [3.63, 3.8) is 0 Å². The van der Waals surface area contributed by atoms with E-state index in [1.165, 1.54) is 6.92 Å². The first kappa shape index (κ1) is 35.4. The van der Waals surface area contributed by atoms with Crippen LogP contribution in [-0.2, 0) is 23.8 Å². The maximum atomic E-state index is 12.5. The molecule has 2 aliphatic carbocycles. The zero-order chi connectivity index (χ0) is 34.1. The first-order valence-corrected chi connectivity index (χ1v) is 16.1. The number of aliphatic hydroxyl groups is 2. The molecule has 0 aromatic heterocycles. The first-order valence-electron chi connectivity index (χ1n) is 16.1. The summed E-state index contributed by atoms with van der Waals surface area (Å²) >= 11 is 0. The van der Waals surface area contributed by atoms with Crippen molar-refractivity contribution in [2.45, 2.75) is 117 Å². The number of fused-ring (bicyclic) bond motifs is 1. The third-order valence-corrected chi connectivity index (χ3v) is 9.53. The highest BCUT2D eigenvalue weighted by atomic mass is 16.6. The maximum absolute atomic E-state index is 12.5. The van der Waals surface area contributed by atoms with Gasteiger partial charge < -0.3 is 24.4 Å². The SMILES string of the molecule is CC(=O)O[C@H]1CC(C)(C)C(=C=C\C(C)=C/C=C/C=C/C=C(C)/C=C2C=C(/C=C/[C@@]34O[C@]3(C)C[C@@H](O)CC4(C)C)C(=O)O/2)[C@](C)(O)C1. The zero-order valence-corrected chi connectivity index (χ0v) is 28.8. The summed E-state index contributed by atoms with van der Waals surface area (Å²) in [5, 5.41) is 21.4. The second-order valence-corrected chi connectivity index (χ2v) is 14.9. The normalized spacial score (nSPS) is 34.9. The number of rotatable bonds is 8. The number of hydrogen-bond acceptors (Lipinski definition) is 7. The van der Waals surface area contributed by atoms with E-state index in [-0.39, 0.29) is 29.0 Å². The van der Waals surface area contributed by atoms with E-state index in [0.29, 0.717) is 37.0 Å². The number of carbonyl (C=O) groups excluding carboxylic acids is 2. The Balaban J connectivity index is 1.35. The highest BCUT2D eigenvalue weighted by Crippen LogP contribution is 2.66. The van der Waals surface area contributed by atoms with Crippen LogP contribution in [0, 0.1) is 10.8 Å². The van der Waals surface area contributed by atoms with Crippen molar-refractivity contribution in [1.29, 1.82) is 0 Å². The molecule has 46 heavy (non-hydrogen) atoms. The quantitative estimate of drug-likeness (QED) is 0.126. The fourth-order valence-corrected chi connectivity index (χ4v) is 7.61. The molecule has 248 valence electrons. The van der Waals surface area contributed by atoms with E-state index in [2.05, 4.69) is 19.6 Å². The molecule has 7 nitrogen and oxygen atoms in total. The highest BCUT2D eigenvalue weighted by Gasteiger charge is 2.74. The van der Waals surface area contributed by atoms with Gasteiger partial charge >= 0.3 is 11.9 Å². The van der Waals surface area contributed by atoms with E-state index in [1.54, 1.807) is 19.1 Å². The molecule has 4 rings (SSSR count). The molecule has 2 saturated carbocycles. The minimum atomic E-state index is -1.12. The van der Waals surface area contributed by atoms with Crippen molar-refractivity contribution in [3.05, 3.63) is 101 Å². The molecule has 0 radical (unpaired) electrons. The van der Waals surface area contributed by atoms with Crippen LogP contribution >= 0.6 is 0 Å². The van der Waals surface area contributed by atoms with Crippen molar-refractivity contribution in [3.8, 4) is 0 Å². The van der Waals surface area contributed by atoms with E-state index < -0.39 is 22.8 Å². The Kier molecular flexibility index (Phi) is 9.97. The fraction of sp³-hybridized carbons (Fsp3) is 0.513. The summed E-state index contributed by atoms with van der Waals surface area (Å²) in [5.74, 6) is -0.242. The Hall–Kier alpha value is -3.48. The van der Waals surface area contributed by atoms with Crippen molar-refractivity contribution < 1.29 is 34.0 Å². The summed E-state index contributed by atoms with van der Waals surface area (Å²) in [6.07, 6.45) is 22.3. The third kappa shape index (κ3) is 7.72. The van der Waals surface area contributed by atoms with Crippen LogP contribution in [0.5, 0.6) is 0 Å². The number of cyclic esters (lactones) is 1. The smallest absolute Gasteiger partial charge is 0.343 e. The summed E-state index contributed by atoms with van der Waals surface area (Å²) in [6.45, 7) is 17.3. The lowest BCUT2D eigenvalue weighted by molar-refractivity contribution is -0.152. The van der Waals surface area contributed by atoms with Gasteiger partial charge in [0.2, 0.25) is 0 Å². The Labute approximate surface area is 274 Å². The second-order valence-electron chi connectivity index (χ2n) is 14.9. The summed E-state index contributed by atoms with van der Waals surface area (Å²) in [7, 11) is 0. The van der Waals surface area contributed by atoms with Gasteiger partial charge in [0.05, 0.1) is 17.3 Å². The van der Waals surface area contributed by atoms with Crippen molar-refractivity contribution >= 4 is 11.9 Å².